The van der Waals surface area contributed by atoms with E-state index in [1.165, 1.54) is 6.07 Å². The monoisotopic (exact) mass is 460 g/mol. The lowest BCUT2D eigenvalue weighted by atomic mass is 9.84. The van der Waals surface area contributed by atoms with Crippen LogP contribution in [0.3, 0.4) is 0 Å². The number of carbonyl (C=O) groups is 2. The Morgan fingerprint density at radius 1 is 1.24 bits per heavy atom. The summed E-state index contributed by atoms with van der Waals surface area (Å²) in [6.07, 6.45) is 1.09. The van der Waals surface area contributed by atoms with Gasteiger partial charge in [-0.25, -0.2) is 4.39 Å². The quantitative estimate of drug-likeness (QED) is 0.717. The number of carbonyl (C=O) groups excluding carboxylic acids is 2. The summed E-state index contributed by atoms with van der Waals surface area (Å²) >= 11 is 0. The van der Waals surface area contributed by atoms with Gasteiger partial charge in [0, 0.05) is 31.6 Å². The molecular formula is C27H29FN4O2. The van der Waals surface area contributed by atoms with Gasteiger partial charge in [0.05, 0.1) is 12.1 Å². The zero-order chi connectivity index (χ0) is 24.1. The number of nitrogens with one attached hydrogen (secondary N) is 2. The molecule has 1 aliphatic carbocycles. The first-order valence-electron chi connectivity index (χ1n) is 11.9. The van der Waals surface area contributed by atoms with Crippen LogP contribution in [0.2, 0.25) is 0 Å². The van der Waals surface area contributed by atoms with Gasteiger partial charge in [0.2, 0.25) is 5.91 Å². The lowest BCUT2D eigenvalue weighted by Gasteiger charge is -2.32. The predicted molar refractivity (Wildman–Crippen MR) is 126 cm³/mol. The lowest BCUT2D eigenvalue weighted by molar-refractivity contribution is -0.125. The number of fused-ring (bicyclic) bond motifs is 3. The van der Waals surface area contributed by atoms with E-state index in [0.29, 0.717) is 41.1 Å². The number of benzene rings is 2. The summed E-state index contributed by atoms with van der Waals surface area (Å²) in [6.45, 7) is 4.94. The van der Waals surface area contributed by atoms with Gasteiger partial charge in [0.25, 0.3) is 5.91 Å². The van der Waals surface area contributed by atoms with E-state index >= 15 is 0 Å². The lowest BCUT2D eigenvalue weighted by Crippen LogP contribution is -2.54. The van der Waals surface area contributed by atoms with E-state index in [1.54, 1.807) is 24.1 Å². The van der Waals surface area contributed by atoms with Gasteiger partial charge in [-0.05, 0) is 64.6 Å². The molecule has 34 heavy (non-hydrogen) atoms. The molecule has 6 atom stereocenters. The van der Waals surface area contributed by atoms with E-state index < -0.39 is 11.9 Å². The van der Waals surface area contributed by atoms with E-state index in [9.17, 15) is 19.2 Å². The van der Waals surface area contributed by atoms with Gasteiger partial charge in [-0.15, -0.1) is 0 Å². The Kier molecular flexibility index (Phi) is 5.65. The van der Waals surface area contributed by atoms with Gasteiger partial charge in [-0.1, -0.05) is 32.0 Å². The number of amides is 2. The second-order valence-electron chi connectivity index (χ2n) is 10.1. The molecule has 0 spiro atoms. The van der Waals surface area contributed by atoms with Gasteiger partial charge in [0.1, 0.15) is 11.9 Å². The highest BCUT2D eigenvalue weighted by molar-refractivity contribution is 5.98. The first-order chi connectivity index (χ1) is 16.3. The largest absolute Gasteiger partial charge is 0.339 e. The van der Waals surface area contributed by atoms with Crippen LogP contribution >= 0.6 is 0 Å². The smallest absolute Gasteiger partial charge is 0.254 e. The Bertz CT molecular complexity index is 1200. The second-order valence-corrected chi connectivity index (χ2v) is 10.1. The van der Waals surface area contributed by atoms with E-state index in [2.05, 4.69) is 30.6 Å². The fraction of sp³-hybridized carbons (Fsp3) is 0.444. The molecule has 2 bridgehead atoms. The van der Waals surface area contributed by atoms with Crippen LogP contribution in [0.25, 0.3) is 11.1 Å². The molecule has 1 saturated heterocycles. The molecule has 176 valence electrons. The number of nitriles is 1. The average molecular weight is 461 g/mol. The third kappa shape index (κ3) is 3.76. The molecule has 2 heterocycles. The minimum Gasteiger partial charge on any atom is -0.339 e. The highest BCUT2D eigenvalue weighted by atomic mass is 19.1. The molecule has 2 aliphatic heterocycles. The predicted octanol–water partition coefficient (Wildman–Crippen LogP) is 3.26. The van der Waals surface area contributed by atoms with E-state index in [-0.39, 0.29) is 30.2 Å². The van der Waals surface area contributed by atoms with Gasteiger partial charge in [-0.2, -0.15) is 5.26 Å². The van der Waals surface area contributed by atoms with Crippen molar-refractivity contribution < 1.29 is 14.0 Å². The van der Waals surface area contributed by atoms with E-state index in [4.69, 9.17) is 0 Å². The molecule has 3 aliphatic rings. The minimum atomic E-state index is -0.803. The standard InChI is InChI=1S/C27H29FN4O2/c1-14-15(2)24-11-22(14)25(31-24)26(33)30-20(12-29)9-18-5-4-17(10-23(18)28)16-6-7-21-19(8-16)13-32(3)27(21)34/h4-8,10,14-15,20,22,24-25,31H,9,11,13H2,1-3H3,(H,30,33)/t14-,15+,20+,22+,24+,25+/m1/s1. The van der Waals surface area contributed by atoms with Crippen molar-refractivity contribution in [2.75, 3.05) is 7.05 Å². The van der Waals surface area contributed by atoms with Crippen molar-refractivity contribution in [1.29, 1.82) is 5.26 Å². The van der Waals surface area contributed by atoms with Gasteiger partial charge in [0.15, 0.2) is 0 Å². The maximum Gasteiger partial charge on any atom is 0.254 e. The summed E-state index contributed by atoms with van der Waals surface area (Å²) in [5.41, 5.74) is 3.54. The number of nitrogens with zero attached hydrogens (tertiary/aromatic N) is 2. The van der Waals surface area contributed by atoms with Gasteiger partial charge in [-0.3, -0.25) is 9.59 Å². The maximum atomic E-state index is 15.0. The summed E-state index contributed by atoms with van der Waals surface area (Å²) in [7, 11) is 1.76. The molecular weight excluding hydrogens is 431 g/mol. The number of hydrogen-bond acceptors (Lipinski definition) is 4. The van der Waals surface area contributed by atoms with Crippen molar-refractivity contribution in [2.24, 2.45) is 17.8 Å². The van der Waals surface area contributed by atoms with Gasteiger partial charge >= 0.3 is 0 Å². The molecule has 1 saturated carbocycles. The van der Waals surface area contributed by atoms with Crippen molar-refractivity contribution in [3.8, 4) is 17.2 Å². The molecule has 2 fully saturated rings. The van der Waals surface area contributed by atoms with Crippen molar-refractivity contribution in [3.05, 3.63) is 58.9 Å². The first-order valence-corrected chi connectivity index (χ1v) is 11.9. The third-order valence-corrected chi connectivity index (χ3v) is 8.14. The molecule has 5 rings (SSSR count). The molecule has 2 amide bonds. The van der Waals surface area contributed by atoms with Crippen molar-refractivity contribution >= 4 is 11.8 Å². The highest BCUT2D eigenvalue weighted by Crippen LogP contribution is 2.44. The number of rotatable bonds is 5. The number of halogens is 1. The summed E-state index contributed by atoms with van der Waals surface area (Å²) in [6, 6.07) is 11.9. The summed E-state index contributed by atoms with van der Waals surface area (Å²) in [5.74, 6) is 0.689. The SMILES string of the molecule is C[C@@H]1[C@H](C)[C@@H]2C[C@@H]1[C@@H](C(=O)N[C@H](C#N)Cc1ccc(-c3ccc4c(c3)CN(C)C4=O)cc1F)N2. The molecule has 2 aromatic rings. The third-order valence-electron chi connectivity index (χ3n) is 8.14. The fourth-order valence-corrected chi connectivity index (χ4v) is 5.91. The highest BCUT2D eigenvalue weighted by Gasteiger charge is 2.51. The second kappa shape index (κ2) is 8.52. The Morgan fingerprint density at radius 3 is 2.65 bits per heavy atom. The van der Waals surface area contributed by atoms with Crippen LogP contribution in [0.4, 0.5) is 4.39 Å². The fourth-order valence-electron chi connectivity index (χ4n) is 5.91. The molecule has 0 radical (unpaired) electrons. The van der Waals surface area contributed by atoms with Crippen molar-refractivity contribution in [2.45, 2.75) is 51.4 Å². The van der Waals surface area contributed by atoms with Crippen LogP contribution in [0.1, 0.15) is 41.8 Å². The number of hydrogen-bond donors (Lipinski definition) is 2. The normalized spacial score (nSPS) is 28.0. The Hall–Kier alpha value is -3.24. The molecule has 0 aromatic heterocycles. The summed E-state index contributed by atoms with van der Waals surface area (Å²) in [5, 5.41) is 15.8. The summed E-state index contributed by atoms with van der Waals surface area (Å²) in [4.78, 5) is 26.6. The van der Waals surface area contributed by atoms with Crippen molar-refractivity contribution in [3.63, 3.8) is 0 Å². The molecule has 0 unspecified atom stereocenters. The maximum absolute atomic E-state index is 15.0. The Morgan fingerprint density at radius 2 is 1.97 bits per heavy atom. The molecule has 2 aromatic carbocycles. The van der Waals surface area contributed by atoms with Crippen LogP contribution in [-0.2, 0) is 17.8 Å². The minimum absolute atomic E-state index is 0.00252. The van der Waals surface area contributed by atoms with Crippen LogP contribution < -0.4 is 10.6 Å². The summed E-state index contributed by atoms with van der Waals surface area (Å²) < 4.78 is 15.0. The Balaban J connectivity index is 1.27. The number of piperidine rings is 1. The molecule has 7 heteroatoms. The molecule has 2 N–H and O–H groups in total. The van der Waals surface area contributed by atoms with Crippen LogP contribution in [0.15, 0.2) is 36.4 Å². The topological polar surface area (TPSA) is 85.2 Å². The zero-order valence-electron chi connectivity index (χ0n) is 19.6. The van der Waals surface area contributed by atoms with Crippen LogP contribution in [-0.4, -0.2) is 41.9 Å². The average Bonchev–Trinajstić information content (AvgIpc) is 3.47. The zero-order valence-corrected chi connectivity index (χ0v) is 19.6. The molecule has 6 nitrogen and oxygen atoms in total. The van der Waals surface area contributed by atoms with Crippen molar-refractivity contribution in [1.82, 2.24) is 15.5 Å². The Labute approximate surface area is 199 Å². The van der Waals surface area contributed by atoms with Crippen LogP contribution in [0, 0.1) is 34.9 Å². The van der Waals surface area contributed by atoms with E-state index in [0.717, 1.165) is 17.5 Å². The van der Waals surface area contributed by atoms with E-state index in [1.807, 2.05) is 18.2 Å². The van der Waals surface area contributed by atoms with Gasteiger partial charge < -0.3 is 15.5 Å². The first kappa shape index (κ1) is 22.5. The van der Waals surface area contributed by atoms with Crippen LogP contribution in [0.5, 0.6) is 0 Å².